The summed E-state index contributed by atoms with van der Waals surface area (Å²) in [7, 11) is -5.09. The molecule has 0 bridgehead atoms. The molecule has 0 unspecified atom stereocenters. The number of amides is 3. The maximum absolute atomic E-state index is 14.2. The molecule has 24 heteroatoms. The van der Waals surface area contributed by atoms with Crippen LogP contribution in [-0.4, -0.2) is 123 Å². The van der Waals surface area contributed by atoms with E-state index in [1.807, 2.05) is 23.0 Å². The van der Waals surface area contributed by atoms with Crippen molar-refractivity contribution in [1.29, 1.82) is 0 Å². The van der Waals surface area contributed by atoms with Crippen LogP contribution in [0.2, 0.25) is 0 Å². The Morgan fingerprint density at radius 2 is 1.83 bits per heavy atom. The van der Waals surface area contributed by atoms with Gasteiger partial charge in [0.05, 0.1) is 23.8 Å². The third kappa shape index (κ3) is 12.0. The molecule has 0 spiro atoms. The molecule has 2 saturated heterocycles. The van der Waals surface area contributed by atoms with Crippen molar-refractivity contribution < 1.29 is 65.3 Å². The first-order valence-corrected chi connectivity index (χ1v) is 23.7. The third-order valence-corrected chi connectivity index (χ3v) is 12.1. The van der Waals surface area contributed by atoms with Crippen molar-refractivity contribution in [3.8, 4) is 16.9 Å². The van der Waals surface area contributed by atoms with Crippen LogP contribution in [0.15, 0.2) is 41.1 Å². The average Bonchev–Trinajstić information content (AvgIpc) is 3.99. The number of rotatable bonds is 16. The SMILES string of the molecule is CC(C)(C)OC(=O)Nc1nc(/C(=N/O[C@](C)(C(=O)OC(C)(C)C)[C@H]2CCc3cc(-c4cn(C[C@@H]5CCNC5)[n+](C[C@@H](O)CN)c4)ccc3O2)C(=O)N[C@@H]2C(=O)N(OS(=O)(=O)O)C2(C)C)cs1. The Kier molecular flexibility index (Phi) is 14.6. The van der Waals surface area contributed by atoms with Crippen LogP contribution in [0.1, 0.15) is 86.4 Å². The van der Waals surface area contributed by atoms with Gasteiger partial charge in [0.25, 0.3) is 17.4 Å². The number of anilines is 1. The summed E-state index contributed by atoms with van der Waals surface area (Å²) in [6.45, 7) is 17.3. The zero-order valence-corrected chi connectivity index (χ0v) is 40.1. The minimum absolute atomic E-state index is 0.000305. The van der Waals surface area contributed by atoms with Crippen LogP contribution in [0.3, 0.4) is 0 Å². The van der Waals surface area contributed by atoms with Crippen molar-refractivity contribution >= 4 is 56.5 Å². The topological polar surface area (TPSA) is 288 Å². The highest BCUT2D eigenvalue weighted by atomic mass is 32.3. The zero-order valence-electron chi connectivity index (χ0n) is 38.4. The molecule has 2 fully saturated rings. The fourth-order valence-corrected chi connectivity index (χ4v) is 8.69. The smallest absolute Gasteiger partial charge is 0.418 e. The number of benzene rings is 1. The number of fused-ring (bicyclic) bond motifs is 1. The zero-order chi connectivity index (χ0) is 48.6. The highest BCUT2D eigenvalue weighted by Crippen LogP contribution is 2.38. The Balaban J connectivity index is 1.30. The number of hydrogen-bond acceptors (Lipinski definition) is 17. The lowest BCUT2D eigenvalue weighted by molar-refractivity contribution is -0.780. The summed E-state index contributed by atoms with van der Waals surface area (Å²) in [6, 6.07) is 4.30. The van der Waals surface area contributed by atoms with E-state index in [-0.39, 0.29) is 23.8 Å². The predicted molar refractivity (Wildman–Crippen MR) is 238 cm³/mol. The van der Waals surface area contributed by atoms with E-state index in [1.54, 1.807) is 47.6 Å². The van der Waals surface area contributed by atoms with Crippen LogP contribution < -0.4 is 31.1 Å². The highest BCUT2D eigenvalue weighted by Gasteiger charge is 2.58. The predicted octanol–water partition coefficient (Wildman–Crippen LogP) is 2.23. The number of hydroxylamine groups is 2. The van der Waals surface area contributed by atoms with Gasteiger partial charge >= 0.3 is 22.5 Å². The molecule has 0 aliphatic carbocycles. The van der Waals surface area contributed by atoms with Crippen LogP contribution in [0.5, 0.6) is 5.75 Å². The molecule has 2 aromatic heterocycles. The number of hydrogen-bond donors (Lipinski definition) is 6. The Labute approximate surface area is 387 Å². The molecule has 66 heavy (non-hydrogen) atoms. The molecule has 5 heterocycles. The summed E-state index contributed by atoms with van der Waals surface area (Å²) in [5.41, 5.74) is 2.39. The lowest BCUT2D eigenvalue weighted by atomic mass is 9.84. The summed E-state index contributed by atoms with van der Waals surface area (Å²) in [5.74, 6) is -2.03. The number of aromatic nitrogens is 3. The molecule has 0 radical (unpaired) electrons. The van der Waals surface area contributed by atoms with E-state index in [0.29, 0.717) is 29.7 Å². The minimum atomic E-state index is -5.09. The molecule has 22 nitrogen and oxygen atoms in total. The molecule has 3 aliphatic heterocycles. The number of esters is 1. The molecule has 6 rings (SSSR count). The van der Waals surface area contributed by atoms with Gasteiger partial charge in [-0.05, 0) is 124 Å². The van der Waals surface area contributed by atoms with Gasteiger partial charge in [0.1, 0.15) is 34.8 Å². The minimum Gasteiger partial charge on any atom is -0.485 e. The first-order chi connectivity index (χ1) is 30.7. The molecule has 3 aromatic rings. The lowest BCUT2D eigenvalue weighted by Crippen LogP contribution is -2.76. The molecule has 3 aliphatic rings. The lowest BCUT2D eigenvalue weighted by Gasteiger charge is -2.50. The van der Waals surface area contributed by atoms with E-state index in [9.17, 15) is 37.3 Å². The third-order valence-electron chi connectivity index (χ3n) is 11.0. The molecular weight excluding hydrogens is 903 g/mol. The summed E-state index contributed by atoms with van der Waals surface area (Å²) in [6.07, 6.45) is 3.17. The average molecular weight is 963 g/mol. The van der Waals surface area contributed by atoms with Crippen molar-refractivity contribution in [3.63, 3.8) is 0 Å². The number of nitrogens with zero attached hydrogens (tertiary/aromatic N) is 5. The maximum atomic E-state index is 14.2. The van der Waals surface area contributed by atoms with E-state index in [2.05, 4.69) is 41.3 Å². The normalized spacial score (nSPS) is 21.2. The maximum Gasteiger partial charge on any atom is 0.418 e. The van der Waals surface area contributed by atoms with Gasteiger partial charge in [0.2, 0.25) is 6.20 Å². The monoisotopic (exact) mass is 962 g/mol. The van der Waals surface area contributed by atoms with Crippen molar-refractivity contribution in [2.75, 3.05) is 25.0 Å². The van der Waals surface area contributed by atoms with E-state index < -0.39 is 80.6 Å². The summed E-state index contributed by atoms with van der Waals surface area (Å²) in [5, 5.41) is 24.8. The van der Waals surface area contributed by atoms with Gasteiger partial charge in [-0.3, -0.25) is 19.5 Å². The van der Waals surface area contributed by atoms with E-state index in [0.717, 1.165) is 54.1 Å². The summed E-state index contributed by atoms with van der Waals surface area (Å²) < 4.78 is 58.3. The van der Waals surface area contributed by atoms with Crippen LogP contribution in [0, 0.1) is 5.92 Å². The Hall–Kier alpha value is -5.24. The van der Waals surface area contributed by atoms with Crippen LogP contribution in [0.25, 0.3) is 11.1 Å². The van der Waals surface area contributed by atoms with Crippen molar-refractivity contribution in [2.45, 2.75) is 135 Å². The van der Waals surface area contributed by atoms with Gasteiger partial charge in [-0.1, -0.05) is 11.2 Å². The Morgan fingerprint density at radius 1 is 1.12 bits per heavy atom. The number of ether oxygens (including phenoxy) is 3. The molecule has 0 saturated carbocycles. The number of β-lactam (4-membered cyclic amide) rings is 1. The van der Waals surface area contributed by atoms with Gasteiger partial charge in [-0.15, -0.1) is 20.3 Å². The molecule has 3 amide bonds. The van der Waals surface area contributed by atoms with Gasteiger partial charge in [0, 0.05) is 11.9 Å². The Bertz CT molecular complexity index is 2450. The number of oxime groups is 1. The van der Waals surface area contributed by atoms with Crippen LogP contribution >= 0.6 is 11.3 Å². The van der Waals surface area contributed by atoms with Crippen LogP contribution in [0.4, 0.5) is 9.93 Å². The van der Waals surface area contributed by atoms with Crippen molar-refractivity contribution in [3.05, 3.63) is 47.2 Å². The van der Waals surface area contributed by atoms with Gasteiger partial charge in [0.15, 0.2) is 23.5 Å². The molecule has 362 valence electrons. The fourth-order valence-electron chi connectivity index (χ4n) is 7.55. The van der Waals surface area contributed by atoms with Crippen LogP contribution in [-0.2, 0) is 62.9 Å². The number of nitrogens with two attached hydrogens (primary N) is 1. The van der Waals surface area contributed by atoms with E-state index in [4.69, 9.17) is 24.8 Å². The first-order valence-electron chi connectivity index (χ1n) is 21.4. The standard InChI is InChI=1S/C42H59N9O13S2/c1-39(2,3)61-36(55)42(9,31-13-11-26-16-25(10-12-30(26)60-31)27-20-49(19-24-14-15-44-18-24)50(21-27)22-28(52)17-43)63-48-32(29-23-65-37(45-29)47-38(56)62-40(4,5)6)34(53)46-33-35(54)51(41(33,7)8)64-66(57,58)59/h10,12,16,20-21,23-24,28,31,33,44,52H,11,13-15,17-19,22,43H2,1-9H3,(H2-,45,46,47,53,56,57,58,59)/p+1/b48-32-/t24-,28+,31-,33-,42+/m1/s1. The van der Waals surface area contributed by atoms with E-state index >= 15 is 0 Å². The largest absolute Gasteiger partial charge is 0.485 e. The number of aliphatic hydroxyl groups is 1. The van der Waals surface area contributed by atoms with Crippen molar-refractivity contribution in [1.82, 2.24) is 25.4 Å². The number of aryl methyl sites for hydroxylation is 1. The molecule has 7 N–H and O–H groups in total. The van der Waals surface area contributed by atoms with Crippen molar-refractivity contribution in [2.24, 2.45) is 16.8 Å². The second-order valence-corrected chi connectivity index (χ2v) is 21.0. The fraction of sp³-hybridized carbons (Fsp3) is 0.595. The summed E-state index contributed by atoms with van der Waals surface area (Å²) >= 11 is 0.908. The molecular formula is C42H60N9O13S2+. The van der Waals surface area contributed by atoms with Gasteiger partial charge < -0.3 is 40.5 Å². The summed E-state index contributed by atoms with van der Waals surface area (Å²) in [4.78, 5) is 64.4. The number of carbonyl (C=O) groups excluding carboxylic acids is 4. The number of nitrogens with one attached hydrogen (secondary N) is 3. The number of aliphatic hydroxyl groups excluding tert-OH is 1. The highest BCUT2D eigenvalue weighted by molar-refractivity contribution is 7.80. The quantitative estimate of drug-likeness (QED) is 0.0300. The molecule has 1 aromatic carbocycles. The second-order valence-electron chi connectivity index (χ2n) is 19.2. The second kappa shape index (κ2) is 19.2. The first kappa shape index (κ1) is 50.2. The van der Waals surface area contributed by atoms with Gasteiger partial charge in [-0.2, -0.15) is 18.2 Å². The van der Waals surface area contributed by atoms with Gasteiger partial charge in [-0.25, -0.2) is 14.6 Å². The van der Waals surface area contributed by atoms with E-state index in [1.165, 1.54) is 26.2 Å². The Morgan fingerprint density at radius 3 is 2.45 bits per heavy atom. The number of thiazole rings is 1. The molecule has 5 atom stereocenters. The number of carbonyl (C=O) groups is 4.